The first-order valence-corrected chi connectivity index (χ1v) is 7.78. The van der Waals surface area contributed by atoms with Crippen LogP contribution in [0, 0.1) is 0 Å². The van der Waals surface area contributed by atoms with Crippen LogP contribution < -0.4 is 10.1 Å². The Balaban J connectivity index is 2.31. The molecule has 1 rings (SSSR count). The van der Waals surface area contributed by atoms with Gasteiger partial charge in [0.15, 0.2) is 0 Å². The van der Waals surface area contributed by atoms with Crippen molar-refractivity contribution in [3.63, 3.8) is 0 Å². The summed E-state index contributed by atoms with van der Waals surface area (Å²) < 4.78 is 5.53. The number of ether oxygens (including phenoxy) is 1. The van der Waals surface area contributed by atoms with Crippen LogP contribution in [0.1, 0.15) is 45.6 Å². The predicted octanol–water partition coefficient (Wildman–Crippen LogP) is 3.16. The highest BCUT2D eigenvalue weighted by Crippen LogP contribution is 2.14. The summed E-state index contributed by atoms with van der Waals surface area (Å²) in [6.45, 7) is 7.83. The molecule has 1 aromatic carbocycles. The van der Waals surface area contributed by atoms with Crippen molar-refractivity contribution in [1.82, 2.24) is 5.32 Å². The molecule has 2 N–H and O–H groups in total. The fourth-order valence-electron chi connectivity index (χ4n) is 1.94. The molecule has 0 aliphatic carbocycles. The molecule has 114 valence electrons. The molecule has 0 radical (unpaired) electrons. The Labute approximate surface area is 123 Å². The van der Waals surface area contributed by atoms with E-state index in [1.54, 1.807) is 0 Å². The second kappa shape index (κ2) is 9.78. The number of aryl methyl sites for hydroxylation is 1. The van der Waals surface area contributed by atoms with Gasteiger partial charge in [0.1, 0.15) is 12.4 Å². The monoisotopic (exact) mass is 279 g/mol. The van der Waals surface area contributed by atoms with E-state index in [1.807, 2.05) is 19.1 Å². The van der Waals surface area contributed by atoms with Crippen molar-refractivity contribution in [2.24, 2.45) is 0 Å². The molecule has 0 amide bonds. The quantitative estimate of drug-likeness (QED) is 0.691. The van der Waals surface area contributed by atoms with Gasteiger partial charge in [0, 0.05) is 6.04 Å². The summed E-state index contributed by atoms with van der Waals surface area (Å²) >= 11 is 0. The van der Waals surface area contributed by atoms with Crippen LogP contribution >= 0.6 is 0 Å². The normalized spacial score (nSPS) is 14.0. The highest BCUT2D eigenvalue weighted by molar-refractivity contribution is 5.27. The molecule has 0 aromatic heterocycles. The lowest BCUT2D eigenvalue weighted by atomic mass is 10.1. The second-order valence-electron chi connectivity index (χ2n) is 5.41. The van der Waals surface area contributed by atoms with Crippen LogP contribution in [0.4, 0.5) is 0 Å². The number of hydrogen-bond donors (Lipinski definition) is 2. The molecule has 2 unspecified atom stereocenters. The van der Waals surface area contributed by atoms with Crippen LogP contribution in [0.5, 0.6) is 5.75 Å². The fraction of sp³-hybridized carbons (Fsp3) is 0.647. The van der Waals surface area contributed by atoms with E-state index < -0.39 is 0 Å². The molecule has 0 saturated heterocycles. The number of aliphatic hydroxyl groups is 1. The van der Waals surface area contributed by atoms with E-state index in [2.05, 4.69) is 31.3 Å². The number of rotatable bonds is 10. The molecular weight excluding hydrogens is 250 g/mol. The van der Waals surface area contributed by atoms with Crippen LogP contribution in [-0.4, -0.2) is 30.4 Å². The fourth-order valence-corrected chi connectivity index (χ4v) is 1.94. The average Bonchev–Trinajstić information content (AvgIpc) is 2.49. The minimum atomic E-state index is -0.375. The lowest BCUT2D eigenvalue weighted by Gasteiger charge is -2.13. The third-order valence-corrected chi connectivity index (χ3v) is 3.45. The van der Waals surface area contributed by atoms with Gasteiger partial charge in [0.05, 0.1) is 6.10 Å². The average molecular weight is 279 g/mol. The van der Waals surface area contributed by atoms with E-state index in [0.29, 0.717) is 12.6 Å². The van der Waals surface area contributed by atoms with Gasteiger partial charge in [0.25, 0.3) is 0 Å². The molecule has 0 aliphatic rings. The van der Waals surface area contributed by atoms with Crippen molar-refractivity contribution in [2.45, 2.75) is 58.6 Å². The Hall–Kier alpha value is -1.06. The van der Waals surface area contributed by atoms with E-state index >= 15 is 0 Å². The Morgan fingerprint density at radius 2 is 1.90 bits per heavy atom. The molecule has 1 aromatic rings. The largest absolute Gasteiger partial charge is 0.491 e. The molecule has 3 heteroatoms. The first-order chi connectivity index (χ1) is 9.65. The maximum absolute atomic E-state index is 9.46. The molecule has 0 saturated carbocycles. The van der Waals surface area contributed by atoms with Crippen molar-refractivity contribution in [2.75, 3.05) is 13.2 Å². The number of nitrogens with one attached hydrogen (secondary N) is 1. The predicted molar refractivity (Wildman–Crippen MR) is 84.3 cm³/mol. The van der Waals surface area contributed by atoms with Crippen molar-refractivity contribution in [1.29, 1.82) is 0 Å². The molecule has 0 spiro atoms. The Bertz CT molecular complexity index is 351. The summed E-state index contributed by atoms with van der Waals surface area (Å²) in [7, 11) is 0. The lowest BCUT2D eigenvalue weighted by molar-refractivity contribution is 0.104. The van der Waals surface area contributed by atoms with Gasteiger partial charge >= 0.3 is 0 Å². The Morgan fingerprint density at radius 3 is 2.50 bits per heavy atom. The minimum Gasteiger partial charge on any atom is -0.491 e. The molecule has 0 fully saturated rings. The first kappa shape index (κ1) is 17.0. The van der Waals surface area contributed by atoms with Gasteiger partial charge < -0.3 is 15.2 Å². The Morgan fingerprint density at radius 1 is 1.20 bits per heavy atom. The zero-order valence-corrected chi connectivity index (χ0v) is 13.1. The summed E-state index contributed by atoms with van der Waals surface area (Å²) in [4.78, 5) is 0. The lowest BCUT2D eigenvalue weighted by Crippen LogP contribution is -2.27. The molecule has 0 heterocycles. The van der Waals surface area contributed by atoms with Crippen molar-refractivity contribution in [3.8, 4) is 5.75 Å². The highest BCUT2D eigenvalue weighted by atomic mass is 16.5. The Kier molecular flexibility index (Phi) is 8.31. The van der Waals surface area contributed by atoms with Crippen molar-refractivity contribution >= 4 is 0 Å². The van der Waals surface area contributed by atoms with E-state index in [0.717, 1.165) is 31.6 Å². The summed E-state index contributed by atoms with van der Waals surface area (Å²) in [6.07, 6.45) is 3.76. The van der Waals surface area contributed by atoms with Crippen LogP contribution in [0.3, 0.4) is 0 Å². The number of hydrogen-bond acceptors (Lipinski definition) is 3. The van der Waals surface area contributed by atoms with Gasteiger partial charge in [-0.15, -0.1) is 0 Å². The van der Waals surface area contributed by atoms with Gasteiger partial charge in [-0.25, -0.2) is 0 Å². The topological polar surface area (TPSA) is 41.5 Å². The SMILES string of the molecule is CCCNC(C)CCc1ccc(OCC(O)CC)cc1. The van der Waals surface area contributed by atoms with Gasteiger partial charge in [-0.3, -0.25) is 0 Å². The van der Waals surface area contributed by atoms with Gasteiger partial charge in [-0.2, -0.15) is 0 Å². The second-order valence-corrected chi connectivity index (χ2v) is 5.41. The van der Waals surface area contributed by atoms with E-state index in [4.69, 9.17) is 4.74 Å². The molecular formula is C17H29NO2. The van der Waals surface area contributed by atoms with Crippen LogP contribution in [-0.2, 0) is 6.42 Å². The molecule has 20 heavy (non-hydrogen) atoms. The van der Waals surface area contributed by atoms with Crippen LogP contribution in [0.15, 0.2) is 24.3 Å². The third-order valence-electron chi connectivity index (χ3n) is 3.45. The highest BCUT2D eigenvalue weighted by Gasteiger charge is 2.03. The number of aliphatic hydroxyl groups excluding tert-OH is 1. The standard InChI is InChI=1S/C17H29NO2/c1-4-12-18-14(3)6-7-15-8-10-17(11-9-15)20-13-16(19)5-2/h8-11,14,16,18-19H,4-7,12-13H2,1-3H3. The van der Waals surface area contributed by atoms with Crippen molar-refractivity contribution < 1.29 is 9.84 Å². The van der Waals surface area contributed by atoms with Gasteiger partial charge in [0.2, 0.25) is 0 Å². The molecule has 3 nitrogen and oxygen atoms in total. The third kappa shape index (κ3) is 6.92. The molecule has 2 atom stereocenters. The summed E-state index contributed by atoms with van der Waals surface area (Å²) in [5, 5.41) is 13.0. The first-order valence-electron chi connectivity index (χ1n) is 7.78. The summed E-state index contributed by atoms with van der Waals surface area (Å²) in [5.74, 6) is 0.832. The zero-order valence-electron chi connectivity index (χ0n) is 13.1. The van der Waals surface area contributed by atoms with E-state index in [1.165, 1.54) is 12.0 Å². The van der Waals surface area contributed by atoms with Crippen LogP contribution in [0.25, 0.3) is 0 Å². The minimum absolute atomic E-state index is 0.369. The maximum atomic E-state index is 9.46. The molecule has 0 bridgehead atoms. The van der Waals surface area contributed by atoms with E-state index in [-0.39, 0.29) is 6.10 Å². The zero-order chi connectivity index (χ0) is 14.8. The molecule has 0 aliphatic heterocycles. The summed E-state index contributed by atoms with van der Waals surface area (Å²) in [5.41, 5.74) is 1.33. The van der Waals surface area contributed by atoms with E-state index in [9.17, 15) is 5.11 Å². The van der Waals surface area contributed by atoms with Gasteiger partial charge in [-0.05, 0) is 56.8 Å². The smallest absolute Gasteiger partial charge is 0.119 e. The maximum Gasteiger partial charge on any atom is 0.119 e. The van der Waals surface area contributed by atoms with Gasteiger partial charge in [-0.1, -0.05) is 26.0 Å². The summed E-state index contributed by atoms with van der Waals surface area (Å²) in [6, 6.07) is 8.76. The number of benzene rings is 1. The van der Waals surface area contributed by atoms with Crippen LogP contribution in [0.2, 0.25) is 0 Å². The van der Waals surface area contributed by atoms with Crippen molar-refractivity contribution in [3.05, 3.63) is 29.8 Å².